The molecule has 0 saturated carbocycles. The third kappa shape index (κ3) is 1.20. The Kier molecular flexibility index (Phi) is 1.78. The summed E-state index contributed by atoms with van der Waals surface area (Å²) in [7, 11) is 0. The van der Waals surface area contributed by atoms with Gasteiger partial charge >= 0.3 is 0 Å². The maximum Gasteiger partial charge on any atom is 0.281 e. The van der Waals surface area contributed by atoms with Gasteiger partial charge in [0.05, 0.1) is 0 Å². The number of hydrogen-bond donors (Lipinski definition) is 3. The van der Waals surface area contributed by atoms with Crippen molar-refractivity contribution in [3.05, 3.63) is 46.9 Å². The van der Waals surface area contributed by atoms with Gasteiger partial charge in [0, 0.05) is 17.5 Å². The molecule has 0 aliphatic carbocycles. The molecule has 0 spiro atoms. The minimum Gasteiger partial charge on any atom is -0.715 e. The Hall–Kier alpha value is -2.21. The lowest BCUT2D eigenvalue weighted by Gasteiger charge is -2.33. The second-order valence-electron chi connectivity index (χ2n) is 3.73. The lowest BCUT2D eigenvalue weighted by molar-refractivity contribution is -0.505. The molecule has 2 heterocycles. The number of anilines is 1. The molecule has 4 N–H and O–H groups in total. The van der Waals surface area contributed by atoms with Crippen LogP contribution in [0, 0.1) is 5.21 Å². The monoisotopic (exact) mass is 217 g/mol. The quantitative estimate of drug-likeness (QED) is 0.329. The van der Waals surface area contributed by atoms with Gasteiger partial charge in [-0.3, -0.25) is 4.74 Å². The smallest absolute Gasteiger partial charge is 0.281 e. The van der Waals surface area contributed by atoms with E-state index < -0.39 is 0 Å². The van der Waals surface area contributed by atoms with Crippen LogP contribution in [0.1, 0.15) is 11.6 Å². The first-order valence-electron chi connectivity index (χ1n) is 4.92. The number of hydrazine groups is 2. The number of hydroxylamine groups is 1. The van der Waals surface area contributed by atoms with Gasteiger partial charge in [0.15, 0.2) is 6.04 Å². The minimum atomic E-state index is -0.350. The van der Waals surface area contributed by atoms with Crippen LogP contribution in [0.2, 0.25) is 0 Å². The first kappa shape index (κ1) is 9.05. The average Bonchev–Trinajstić information content (AvgIpc) is 2.28. The number of nitrogens with two attached hydrogens (primary N) is 1. The number of nitrogens with zero attached hydrogens (tertiary/aromatic N) is 2. The molecule has 82 valence electrons. The Balaban J connectivity index is 2.13. The molecule has 0 bridgehead atoms. The van der Waals surface area contributed by atoms with E-state index in [1.807, 2.05) is 24.3 Å². The van der Waals surface area contributed by atoms with Gasteiger partial charge in [-0.15, -0.1) is 0 Å². The molecule has 6 heteroatoms. The normalized spacial score (nSPS) is 22.1. The van der Waals surface area contributed by atoms with Crippen molar-refractivity contribution in [2.45, 2.75) is 6.04 Å². The summed E-state index contributed by atoms with van der Waals surface area (Å²) >= 11 is 0. The first-order valence-corrected chi connectivity index (χ1v) is 4.92. The molecule has 3 rings (SSSR count). The summed E-state index contributed by atoms with van der Waals surface area (Å²) in [6.45, 7) is 0. The van der Waals surface area contributed by atoms with Crippen molar-refractivity contribution in [3.63, 3.8) is 0 Å². The zero-order valence-corrected chi connectivity index (χ0v) is 8.42. The van der Waals surface area contributed by atoms with Crippen molar-refractivity contribution in [3.8, 4) is 0 Å². The molecule has 0 radical (unpaired) electrons. The maximum atomic E-state index is 11.8. The lowest BCUT2D eigenvalue weighted by atomic mass is 9.99. The summed E-state index contributed by atoms with van der Waals surface area (Å²) in [6, 6.07) is 7.34. The predicted molar refractivity (Wildman–Crippen MR) is 59.7 cm³/mol. The molecule has 0 saturated heterocycles. The molecule has 1 aromatic rings. The fourth-order valence-corrected chi connectivity index (χ4v) is 2.00. The molecule has 0 aromatic heterocycles. The third-order valence-electron chi connectivity index (χ3n) is 2.68. The van der Waals surface area contributed by atoms with Gasteiger partial charge in [0.1, 0.15) is 5.70 Å². The summed E-state index contributed by atoms with van der Waals surface area (Å²) in [5, 5.41) is 16.1. The Labute approximate surface area is 92.2 Å². The van der Waals surface area contributed by atoms with Crippen LogP contribution in [0.5, 0.6) is 0 Å². The van der Waals surface area contributed by atoms with Crippen LogP contribution < -0.4 is 16.6 Å². The highest BCUT2D eigenvalue weighted by Crippen LogP contribution is 2.34. The number of rotatable bonds is 0. The molecule has 0 fully saturated rings. The summed E-state index contributed by atoms with van der Waals surface area (Å²) in [5.41, 5.74) is 5.52. The van der Waals surface area contributed by atoms with Crippen LogP contribution in [0.3, 0.4) is 0 Å². The van der Waals surface area contributed by atoms with Crippen LogP contribution in [-0.2, 0) is 0 Å². The number of fused-ring (bicyclic) bond motifs is 3. The van der Waals surface area contributed by atoms with E-state index in [4.69, 9.17) is 5.84 Å². The molecule has 6 nitrogen and oxygen atoms in total. The van der Waals surface area contributed by atoms with Crippen LogP contribution in [0.4, 0.5) is 5.69 Å². The average molecular weight is 217 g/mol. The molecule has 1 unspecified atom stereocenters. The zero-order valence-electron chi connectivity index (χ0n) is 8.42. The molecule has 2 aliphatic rings. The van der Waals surface area contributed by atoms with Gasteiger partial charge in [-0.05, 0) is 6.07 Å². The summed E-state index contributed by atoms with van der Waals surface area (Å²) < 4.78 is 0.835. The highest BCUT2D eigenvalue weighted by atomic mass is 16.5. The zero-order chi connectivity index (χ0) is 11.1. The van der Waals surface area contributed by atoms with Crippen molar-refractivity contribution >= 4 is 12.0 Å². The van der Waals surface area contributed by atoms with E-state index in [1.54, 1.807) is 6.20 Å². The Morgan fingerprint density at radius 1 is 1.38 bits per heavy atom. The molecule has 2 aliphatic heterocycles. The van der Waals surface area contributed by atoms with E-state index in [0.29, 0.717) is 0 Å². The Bertz CT molecular complexity index is 496. The van der Waals surface area contributed by atoms with Crippen LogP contribution in [0.15, 0.2) is 36.2 Å². The fraction of sp³-hybridized carbons (Fsp3) is 0.100. The van der Waals surface area contributed by atoms with Crippen molar-refractivity contribution in [1.29, 1.82) is 0 Å². The molecular formula is C10H11N5O. The highest BCUT2D eigenvalue weighted by molar-refractivity contribution is 5.61. The summed E-state index contributed by atoms with van der Waals surface area (Å²) in [5.74, 6) is 5.51. The predicted octanol–water partition coefficient (Wildman–Crippen LogP) is 0.227. The van der Waals surface area contributed by atoms with Crippen LogP contribution >= 0.6 is 0 Å². The first-order chi connectivity index (χ1) is 7.75. The van der Waals surface area contributed by atoms with Crippen molar-refractivity contribution in [2.75, 3.05) is 5.32 Å². The van der Waals surface area contributed by atoms with Gasteiger partial charge in [-0.25, -0.2) is 5.43 Å². The highest BCUT2D eigenvalue weighted by Gasteiger charge is 2.31. The summed E-state index contributed by atoms with van der Waals surface area (Å²) in [6.07, 6.45) is 3.04. The van der Waals surface area contributed by atoms with E-state index in [-0.39, 0.29) is 6.04 Å². The number of para-hydroxylation sites is 1. The maximum absolute atomic E-state index is 11.8. The van der Waals surface area contributed by atoms with Crippen molar-refractivity contribution < 1.29 is 4.74 Å². The molecule has 1 aromatic carbocycles. The minimum absolute atomic E-state index is 0.350. The standard InChI is InChI=1S/C10H11N5O/c11-15-6-14(16)10-7-3-1-2-4-8(7)12-5-9(10)13-15/h1-6,10,12-13H,11H2. The van der Waals surface area contributed by atoms with E-state index in [9.17, 15) is 5.21 Å². The van der Waals surface area contributed by atoms with Crippen molar-refractivity contribution in [1.82, 2.24) is 10.5 Å². The van der Waals surface area contributed by atoms with E-state index in [1.165, 1.54) is 6.34 Å². The van der Waals surface area contributed by atoms with E-state index in [0.717, 1.165) is 26.8 Å². The number of hydrogen-bond acceptors (Lipinski definition) is 5. The fourth-order valence-electron chi connectivity index (χ4n) is 2.00. The van der Waals surface area contributed by atoms with Gasteiger partial charge in [-0.2, -0.15) is 5.84 Å². The van der Waals surface area contributed by atoms with Gasteiger partial charge in [-0.1, -0.05) is 23.3 Å². The van der Waals surface area contributed by atoms with Crippen molar-refractivity contribution in [2.24, 2.45) is 5.84 Å². The largest absolute Gasteiger partial charge is 0.715 e. The van der Waals surface area contributed by atoms with E-state index >= 15 is 0 Å². The molecule has 16 heavy (non-hydrogen) atoms. The van der Waals surface area contributed by atoms with Gasteiger partial charge < -0.3 is 10.5 Å². The summed E-state index contributed by atoms with van der Waals surface area (Å²) in [4.78, 5) is 0. The number of benzene rings is 1. The SMILES string of the molecule is NN1C=[N+]([O-])C2C(=CNc3ccccc32)N1. The molecule has 0 amide bonds. The van der Waals surface area contributed by atoms with E-state index in [2.05, 4.69) is 10.7 Å². The molecule has 1 atom stereocenters. The van der Waals surface area contributed by atoms with Gasteiger partial charge in [0.2, 0.25) is 0 Å². The third-order valence-corrected chi connectivity index (χ3v) is 2.68. The lowest BCUT2D eigenvalue weighted by Crippen LogP contribution is -2.51. The van der Waals surface area contributed by atoms with Crippen LogP contribution in [-0.4, -0.2) is 16.2 Å². The molecular weight excluding hydrogens is 206 g/mol. The number of nitrogens with one attached hydrogen (secondary N) is 2. The Morgan fingerprint density at radius 3 is 3.06 bits per heavy atom. The van der Waals surface area contributed by atoms with Gasteiger partial charge in [0.25, 0.3) is 6.34 Å². The second-order valence-corrected chi connectivity index (χ2v) is 3.73. The van der Waals surface area contributed by atoms with Crippen LogP contribution in [0.25, 0.3) is 0 Å². The second kappa shape index (κ2) is 3.14. The Morgan fingerprint density at radius 2 is 2.19 bits per heavy atom. The topological polar surface area (TPSA) is 79.4 Å².